The van der Waals surface area contributed by atoms with E-state index in [0.29, 0.717) is 19.1 Å². The van der Waals surface area contributed by atoms with Gasteiger partial charge in [0, 0.05) is 25.2 Å². The number of phenols is 1. The molecule has 1 aliphatic rings. The first-order valence-electron chi connectivity index (χ1n) is 8.30. The maximum absolute atomic E-state index is 12.3. The van der Waals surface area contributed by atoms with E-state index in [1.165, 1.54) is 0 Å². The first kappa shape index (κ1) is 18.2. The zero-order valence-corrected chi connectivity index (χ0v) is 15.0. The van der Waals surface area contributed by atoms with Crippen LogP contribution in [-0.4, -0.2) is 42.7 Å². The fourth-order valence-corrected chi connectivity index (χ4v) is 4.89. The molecule has 0 bridgehead atoms. The van der Waals surface area contributed by atoms with Crippen molar-refractivity contribution in [2.75, 3.05) is 18.8 Å². The summed E-state index contributed by atoms with van der Waals surface area (Å²) < 4.78 is 26.2. The molecule has 1 aromatic rings. The second kappa shape index (κ2) is 7.64. The molecule has 1 atom stereocenters. The van der Waals surface area contributed by atoms with E-state index in [-0.39, 0.29) is 23.5 Å². The quantitative estimate of drug-likeness (QED) is 0.835. The van der Waals surface area contributed by atoms with Gasteiger partial charge in [-0.25, -0.2) is 12.7 Å². The van der Waals surface area contributed by atoms with Gasteiger partial charge in [0.05, 0.1) is 5.75 Å². The maximum atomic E-state index is 12.3. The molecule has 0 aliphatic carbocycles. The van der Waals surface area contributed by atoms with Gasteiger partial charge in [0.2, 0.25) is 10.0 Å². The van der Waals surface area contributed by atoms with Gasteiger partial charge in [0.15, 0.2) is 0 Å². The van der Waals surface area contributed by atoms with Crippen molar-refractivity contribution < 1.29 is 13.5 Å². The second-order valence-electron chi connectivity index (χ2n) is 6.83. The highest BCUT2D eigenvalue weighted by molar-refractivity contribution is 7.89. The molecule has 1 heterocycles. The lowest BCUT2D eigenvalue weighted by atomic mass is 10.0. The van der Waals surface area contributed by atoms with E-state index in [1.54, 1.807) is 16.4 Å². The van der Waals surface area contributed by atoms with Crippen LogP contribution in [0.3, 0.4) is 0 Å². The first-order chi connectivity index (χ1) is 10.8. The third-order valence-corrected chi connectivity index (χ3v) is 6.49. The van der Waals surface area contributed by atoms with E-state index in [2.05, 4.69) is 12.2 Å². The molecule has 0 saturated carbocycles. The summed E-state index contributed by atoms with van der Waals surface area (Å²) >= 11 is 0. The molecule has 6 heteroatoms. The Morgan fingerprint density at radius 1 is 1.26 bits per heavy atom. The number of rotatable bonds is 6. The van der Waals surface area contributed by atoms with Gasteiger partial charge in [-0.3, -0.25) is 0 Å². The summed E-state index contributed by atoms with van der Waals surface area (Å²) in [5.74, 6) is 0.650. The van der Waals surface area contributed by atoms with Crippen LogP contribution in [0.1, 0.15) is 45.2 Å². The monoisotopic (exact) mass is 340 g/mol. The van der Waals surface area contributed by atoms with Gasteiger partial charge in [-0.2, -0.15) is 0 Å². The number of sulfonamides is 1. The summed E-state index contributed by atoms with van der Waals surface area (Å²) in [6, 6.07) is 7.68. The molecule has 1 saturated heterocycles. The molecule has 0 radical (unpaired) electrons. The Morgan fingerprint density at radius 3 is 2.48 bits per heavy atom. The van der Waals surface area contributed by atoms with Crippen LogP contribution in [0.5, 0.6) is 5.75 Å². The zero-order chi connectivity index (χ0) is 17.0. The molecular weight excluding hydrogens is 312 g/mol. The molecule has 2 rings (SSSR count). The van der Waals surface area contributed by atoms with Crippen LogP contribution in [0.4, 0.5) is 0 Å². The normalized spacial score (nSPS) is 19.1. The van der Waals surface area contributed by atoms with E-state index < -0.39 is 10.0 Å². The number of nitrogens with one attached hydrogen (secondary N) is 1. The SMILES string of the molecule is CC(C)CS(=O)(=O)N1CCC(N[C@H](C)c2cccc(O)c2)CC1. The minimum Gasteiger partial charge on any atom is -0.508 e. The van der Waals surface area contributed by atoms with Gasteiger partial charge in [-0.1, -0.05) is 26.0 Å². The van der Waals surface area contributed by atoms with Crippen molar-refractivity contribution in [1.82, 2.24) is 9.62 Å². The van der Waals surface area contributed by atoms with Crippen molar-refractivity contribution in [3.05, 3.63) is 29.8 Å². The van der Waals surface area contributed by atoms with Crippen LogP contribution in [0.15, 0.2) is 24.3 Å². The molecule has 23 heavy (non-hydrogen) atoms. The third kappa shape index (κ3) is 5.19. The van der Waals surface area contributed by atoms with E-state index >= 15 is 0 Å². The van der Waals surface area contributed by atoms with Crippen molar-refractivity contribution in [3.8, 4) is 5.75 Å². The molecule has 0 aromatic heterocycles. The molecule has 2 N–H and O–H groups in total. The number of hydrogen-bond acceptors (Lipinski definition) is 4. The fraction of sp³-hybridized carbons (Fsp3) is 0.647. The van der Waals surface area contributed by atoms with Gasteiger partial charge >= 0.3 is 0 Å². The molecular formula is C17H28N2O3S. The lowest BCUT2D eigenvalue weighted by Gasteiger charge is -2.33. The summed E-state index contributed by atoms with van der Waals surface area (Å²) in [7, 11) is -3.12. The highest BCUT2D eigenvalue weighted by atomic mass is 32.2. The Hall–Kier alpha value is -1.11. The van der Waals surface area contributed by atoms with Gasteiger partial charge < -0.3 is 10.4 Å². The number of benzene rings is 1. The lowest BCUT2D eigenvalue weighted by Crippen LogP contribution is -2.46. The Labute approximate surface area is 139 Å². The Bertz CT molecular complexity index is 608. The van der Waals surface area contributed by atoms with E-state index in [4.69, 9.17) is 0 Å². The minimum absolute atomic E-state index is 0.130. The van der Waals surface area contributed by atoms with Gasteiger partial charge in [-0.05, 0) is 43.4 Å². The minimum atomic E-state index is -3.12. The van der Waals surface area contributed by atoms with Crippen molar-refractivity contribution in [3.63, 3.8) is 0 Å². The molecule has 0 spiro atoms. The Morgan fingerprint density at radius 2 is 1.91 bits per heavy atom. The average molecular weight is 340 g/mol. The van der Waals surface area contributed by atoms with Gasteiger partial charge in [0.25, 0.3) is 0 Å². The van der Waals surface area contributed by atoms with E-state index in [0.717, 1.165) is 18.4 Å². The molecule has 130 valence electrons. The summed E-state index contributed by atoms with van der Waals surface area (Å²) in [6.07, 6.45) is 1.64. The fourth-order valence-electron chi connectivity index (χ4n) is 3.07. The number of aromatic hydroxyl groups is 1. The summed E-state index contributed by atoms with van der Waals surface area (Å²) in [6.45, 7) is 7.10. The molecule has 1 aliphatic heterocycles. The largest absolute Gasteiger partial charge is 0.508 e. The van der Waals surface area contributed by atoms with Crippen LogP contribution in [0.25, 0.3) is 0 Å². The van der Waals surface area contributed by atoms with Crippen LogP contribution in [0.2, 0.25) is 0 Å². The third-order valence-electron chi connectivity index (χ3n) is 4.25. The predicted molar refractivity (Wildman–Crippen MR) is 92.9 cm³/mol. The highest BCUT2D eigenvalue weighted by Gasteiger charge is 2.28. The predicted octanol–water partition coefficient (Wildman–Crippen LogP) is 2.49. The number of piperidine rings is 1. The van der Waals surface area contributed by atoms with E-state index in [1.807, 2.05) is 26.0 Å². The van der Waals surface area contributed by atoms with Gasteiger partial charge in [0.1, 0.15) is 5.75 Å². The standard InChI is InChI=1S/C17H28N2O3S/c1-13(2)12-23(21,22)19-9-7-16(8-10-19)18-14(3)15-5-4-6-17(20)11-15/h4-6,11,13-14,16,18,20H,7-10,12H2,1-3H3/t14-/m1/s1. The van der Waals surface area contributed by atoms with Crippen LogP contribution in [-0.2, 0) is 10.0 Å². The molecule has 5 nitrogen and oxygen atoms in total. The average Bonchev–Trinajstić information content (AvgIpc) is 2.46. The molecule has 0 amide bonds. The highest BCUT2D eigenvalue weighted by Crippen LogP contribution is 2.22. The van der Waals surface area contributed by atoms with Crippen LogP contribution >= 0.6 is 0 Å². The molecule has 1 fully saturated rings. The summed E-state index contributed by atoms with van der Waals surface area (Å²) in [5, 5.41) is 13.1. The van der Waals surface area contributed by atoms with Gasteiger partial charge in [-0.15, -0.1) is 0 Å². The molecule has 0 unspecified atom stereocenters. The lowest BCUT2D eigenvalue weighted by molar-refractivity contribution is 0.276. The van der Waals surface area contributed by atoms with Crippen LogP contribution in [0, 0.1) is 5.92 Å². The van der Waals surface area contributed by atoms with Crippen molar-refractivity contribution >= 4 is 10.0 Å². The Kier molecular flexibility index (Phi) is 6.06. The molecule has 1 aromatic carbocycles. The second-order valence-corrected chi connectivity index (χ2v) is 8.84. The Balaban J connectivity index is 1.87. The summed E-state index contributed by atoms with van der Waals surface area (Å²) in [5.41, 5.74) is 1.04. The number of nitrogens with zero attached hydrogens (tertiary/aromatic N) is 1. The van der Waals surface area contributed by atoms with Crippen molar-refractivity contribution in [2.45, 2.75) is 45.7 Å². The van der Waals surface area contributed by atoms with E-state index in [9.17, 15) is 13.5 Å². The summed E-state index contributed by atoms with van der Waals surface area (Å²) in [4.78, 5) is 0. The maximum Gasteiger partial charge on any atom is 0.214 e. The number of phenolic OH excluding ortho intramolecular Hbond substituents is 1. The smallest absolute Gasteiger partial charge is 0.214 e. The first-order valence-corrected chi connectivity index (χ1v) is 9.91. The topological polar surface area (TPSA) is 69.6 Å². The zero-order valence-electron chi connectivity index (χ0n) is 14.2. The van der Waals surface area contributed by atoms with Crippen molar-refractivity contribution in [2.24, 2.45) is 5.92 Å². The number of hydrogen-bond donors (Lipinski definition) is 2. The van der Waals surface area contributed by atoms with Crippen molar-refractivity contribution in [1.29, 1.82) is 0 Å². The van der Waals surface area contributed by atoms with Crippen LogP contribution < -0.4 is 5.32 Å².